The van der Waals surface area contributed by atoms with Crippen molar-refractivity contribution in [1.29, 1.82) is 5.26 Å². The Labute approximate surface area is 115 Å². The van der Waals surface area contributed by atoms with Crippen molar-refractivity contribution < 1.29 is 0 Å². The van der Waals surface area contributed by atoms with E-state index in [1.165, 1.54) is 25.8 Å². The molecule has 0 saturated carbocycles. The summed E-state index contributed by atoms with van der Waals surface area (Å²) in [4.78, 5) is 5.03. The van der Waals surface area contributed by atoms with Crippen LogP contribution in [0, 0.1) is 18.3 Å². The summed E-state index contributed by atoms with van der Waals surface area (Å²) in [6, 6.07) is 9.28. The normalized spacial score (nSPS) is 23.8. The first kappa shape index (κ1) is 12.5. The van der Waals surface area contributed by atoms with E-state index < -0.39 is 0 Å². The van der Waals surface area contributed by atoms with Gasteiger partial charge in [0.15, 0.2) is 0 Å². The number of piperazine rings is 1. The highest BCUT2D eigenvalue weighted by atomic mass is 15.3. The van der Waals surface area contributed by atoms with E-state index in [9.17, 15) is 5.26 Å². The smallest absolute Gasteiger partial charge is 0.101 e. The molecule has 0 aromatic heterocycles. The van der Waals surface area contributed by atoms with Crippen molar-refractivity contribution in [2.75, 3.05) is 31.1 Å². The summed E-state index contributed by atoms with van der Waals surface area (Å²) in [7, 11) is 0. The van der Waals surface area contributed by atoms with Crippen molar-refractivity contribution in [3.63, 3.8) is 0 Å². The van der Waals surface area contributed by atoms with Gasteiger partial charge in [-0.15, -0.1) is 0 Å². The van der Waals surface area contributed by atoms with Crippen molar-refractivity contribution in [1.82, 2.24) is 4.90 Å². The molecule has 3 heteroatoms. The maximum Gasteiger partial charge on any atom is 0.101 e. The van der Waals surface area contributed by atoms with Crippen LogP contribution in [0.15, 0.2) is 18.2 Å². The van der Waals surface area contributed by atoms with Crippen LogP contribution in [0.4, 0.5) is 5.69 Å². The molecule has 1 aromatic carbocycles. The minimum absolute atomic E-state index is 0.690. The molecule has 19 heavy (non-hydrogen) atoms. The Hall–Kier alpha value is -1.53. The Morgan fingerprint density at radius 1 is 1.21 bits per heavy atom. The summed E-state index contributed by atoms with van der Waals surface area (Å²) in [5.74, 6) is 0. The van der Waals surface area contributed by atoms with E-state index in [4.69, 9.17) is 0 Å². The third-order valence-corrected chi connectivity index (χ3v) is 4.45. The highest BCUT2D eigenvalue weighted by Gasteiger charge is 2.29. The number of fused-ring (bicyclic) bond motifs is 1. The molecule has 0 radical (unpaired) electrons. The fourth-order valence-corrected chi connectivity index (χ4v) is 3.39. The molecule has 2 fully saturated rings. The number of piperidine rings is 1. The molecule has 2 saturated heterocycles. The first-order chi connectivity index (χ1) is 9.28. The van der Waals surface area contributed by atoms with Crippen molar-refractivity contribution in [2.45, 2.75) is 32.2 Å². The van der Waals surface area contributed by atoms with Gasteiger partial charge in [-0.3, -0.25) is 4.90 Å². The van der Waals surface area contributed by atoms with Crippen LogP contribution >= 0.6 is 0 Å². The fraction of sp³-hybridized carbons (Fsp3) is 0.562. The second kappa shape index (κ2) is 5.22. The van der Waals surface area contributed by atoms with Crippen molar-refractivity contribution >= 4 is 5.69 Å². The van der Waals surface area contributed by atoms with E-state index in [1.807, 2.05) is 13.0 Å². The quantitative estimate of drug-likeness (QED) is 0.772. The molecule has 3 rings (SSSR count). The number of anilines is 1. The molecular formula is C16H21N3. The van der Waals surface area contributed by atoms with Gasteiger partial charge in [-0.1, -0.05) is 12.5 Å². The zero-order chi connectivity index (χ0) is 13.2. The summed E-state index contributed by atoms with van der Waals surface area (Å²) >= 11 is 0. The minimum atomic E-state index is 0.690. The second-order valence-electron chi connectivity index (χ2n) is 5.76. The molecule has 2 aliphatic rings. The lowest BCUT2D eigenvalue weighted by atomic mass is 9.98. The second-order valence-corrected chi connectivity index (χ2v) is 5.76. The van der Waals surface area contributed by atoms with Gasteiger partial charge in [0.1, 0.15) is 6.07 Å². The van der Waals surface area contributed by atoms with Crippen molar-refractivity contribution in [3.8, 4) is 6.07 Å². The van der Waals surface area contributed by atoms with Crippen LogP contribution in [0.5, 0.6) is 0 Å². The summed E-state index contributed by atoms with van der Waals surface area (Å²) < 4.78 is 0. The van der Waals surface area contributed by atoms with Crippen LogP contribution in [-0.2, 0) is 0 Å². The first-order valence-electron chi connectivity index (χ1n) is 7.27. The third kappa shape index (κ3) is 2.46. The van der Waals surface area contributed by atoms with Crippen LogP contribution < -0.4 is 4.90 Å². The number of hydrogen-bond donors (Lipinski definition) is 0. The SMILES string of the molecule is Cc1ccc(N2CCN3CCCCC3C2)c(C#N)c1. The maximum absolute atomic E-state index is 9.32. The molecule has 1 atom stereocenters. The van der Waals surface area contributed by atoms with E-state index in [-0.39, 0.29) is 0 Å². The molecule has 0 N–H and O–H groups in total. The number of aryl methyl sites for hydroxylation is 1. The Kier molecular flexibility index (Phi) is 3.44. The van der Waals surface area contributed by atoms with Crippen LogP contribution in [-0.4, -0.2) is 37.1 Å². The van der Waals surface area contributed by atoms with Gasteiger partial charge in [0, 0.05) is 25.7 Å². The van der Waals surface area contributed by atoms with E-state index >= 15 is 0 Å². The summed E-state index contributed by atoms with van der Waals surface area (Å²) in [6.07, 6.45) is 4.02. The van der Waals surface area contributed by atoms with E-state index in [0.717, 1.165) is 36.4 Å². The Morgan fingerprint density at radius 2 is 2.11 bits per heavy atom. The van der Waals surface area contributed by atoms with Crippen LogP contribution in [0.3, 0.4) is 0 Å². The lowest BCUT2D eigenvalue weighted by Crippen LogP contribution is -2.55. The Morgan fingerprint density at radius 3 is 2.95 bits per heavy atom. The average Bonchev–Trinajstić information content (AvgIpc) is 2.46. The van der Waals surface area contributed by atoms with Gasteiger partial charge in [0.25, 0.3) is 0 Å². The monoisotopic (exact) mass is 255 g/mol. The van der Waals surface area contributed by atoms with Crippen LogP contribution in [0.1, 0.15) is 30.4 Å². The summed E-state index contributed by atoms with van der Waals surface area (Å²) in [5, 5.41) is 9.32. The number of nitrogens with zero attached hydrogens (tertiary/aromatic N) is 3. The molecular weight excluding hydrogens is 234 g/mol. The van der Waals surface area contributed by atoms with E-state index in [1.54, 1.807) is 0 Å². The molecule has 0 bridgehead atoms. The molecule has 100 valence electrons. The predicted molar refractivity (Wildman–Crippen MR) is 77.3 cm³/mol. The maximum atomic E-state index is 9.32. The minimum Gasteiger partial charge on any atom is -0.368 e. The van der Waals surface area contributed by atoms with Gasteiger partial charge in [-0.25, -0.2) is 0 Å². The highest BCUT2D eigenvalue weighted by molar-refractivity contribution is 5.60. The molecule has 1 aromatic rings. The number of rotatable bonds is 1. The van der Waals surface area contributed by atoms with E-state index in [0.29, 0.717) is 6.04 Å². The molecule has 0 aliphatic carbocycles. The van der Waals surface area contributed by atoms with Crippen molar-refractivity contribution in [3.05, 3.63) is 29.3 Å². The van der Waals surface area contributed by atoms with Gasteiger partial charge in [0.2, 0.25) is 0 Å². The van der Waals surface area contributed by atoms with E-state index in [2.05, 4.69) is 28.0 Å². The Balaban J connectivity index is 1.81. The van der Waals surface area contributed by atoms with Gasteiger partial charge in [-0.05, 0) is 44.0 Å². The topological polar surface area (TPSA) is 30.3 Å². The highest BCUT2D eigenvalue weighted by Crippen LogP contribution is 2.27. The zero-order valence-electron chi connectivity index (χ0n) is 11.6. The van der Waals surface area contributed by atoms with Gasteiger partial charge in [-0.2, -0.15) is 5.26 Å². The van der Waals surface area contributed by atoms with Crippen molar-refractivity contribution in [2.24, 2.45) is 0 Å². The number of benzene rings is 1. The Bertz CT molecular complexity index is 503. The molecule has 2 heterocycles. The van der Waals surface area contributed by atoms with Crippen LogP contribution in [0.2, 0.25) is 0 Å². The molecule has 3 nitrogen and oxygen atoms in total. The average molecular weight is 255 g/mol. The molecule has 2 aliphatic heterocycles. The number of hydrogen-bond acceptors (Lipinski definition) is 3. The molecule has 0 amide bonds. The van der Waals surface area contributed by atoms with Crippen LogP contribution in [0.25, 0.3) is 0 Å². The first-order valence-corrected chi connectivity index (χ1v) is 7.27. The lowest BCUT2D eigenvalue weighted by molar-refractivity contribution is 0.133. The predicted octanol–water partition coefficient (Wildman–Crippen LogP) is 2.54. The molecule has 0 spiro atoms. The van der Waals surface area contributed by atoms with Gasteiger partial charge >= 0.3 is 0 Å². The summed E-state index contributed by atoms with van der Waals surface area (Å²) in [5.41, 5.74) is 3.11. The van der Waals surface area contributed by atoms with Gasteiger partial charge < -0.3 is 4.90 Å². The molecule has 1 unspecified atom stereocenters. The third-order valence-electron chi connectivity index (χ3n) is 4.45. The fourth-order valence-electron chi connectivity index (χ4n) is 3.39. The largest absolute Gasteiger partial charge is 0.368 e. The standard InChI is InChI=1S/C16H21N3/c1-13-5-6-16(14(10-13)11-17)19-9-8-18-7-3-2-4-15(18)12-19/h5-6,10,15H,2-4,7-9,12H2,1H3. The van der Waals surface area contributed by atoms with Gasteiger partial charge in [0.05, 0.1) is 11.3 Å². The lowest BCUT2D eigenvalue weighted by Gasteiger charge is -2.45. The summed E-state index contributed by atoms with van der Waals surface area (Å²) in [6.45, 7) is 6.58. The zero-order valence-corrected chi connectivity index (χ0v) is 11.6. The number of nitriles is 1.